The number of rotatable bonds is 25. The number of halogens is 1. The van der Waals surface area contributed by atoms with Gasteiger partial charge < -0.3 is 59.7 Å². The van der Waals surface area contributed by atoms with Crippen molar-refractivity contribution in [2.75, 3.05) is 53.4 Å². The van der Waals surface area contributed by atoms with Gasteiger partial charge in [-0.25, -0.2) is 14.4 Å². The zero-order valence-corrected chi connectivity index (χ0v) is 53.8. The highest BCUT2D eigenvalue weighted by Crippen LogP contribution is 2.49. The third-order valence-corrected chi connectivity index (χ3v) is 17.8. The van der Waals surface area contributed by atoms with Crippen LogP contribution >= 0.6 is 11.6 Å². The lowest BCUT2D eigenvalue weighted by Crippen LogP contribution is -2.63. The van der Waals surface area contributed by atoms with Crippen molar-refractivity contribution < 1.29 is 81.5 Å². The van der Waals surface area contributed by atoms with Gasteiger partial charge in [-0.3, -0.25) is 43.8 Å². The van der Waals surface area contributed by atoms with Crippen LogP contribution in [0.1, 0.15) is 134 Å². The number of ether oxygens (including phenoxy) is 6. The summed E-state index contributed by atoms with van der Waals surface area (Å²) in [5, 5.41) is 20.0. The number of aliphatic hydroxyl groups is 1. The minimum absolute atomic E-state index is 0.0158. The van der Waals surface area contributed by atoms with Crippen LogP contribution in [0.4, 0.5) is 15.3 Å². The number of carbonyl (C=O) groups is 10. The fourth-order valence-corrected chi connectivity index (χ4v) is 12.0. The quantitative estimate of drug-likeness (QED) is 0.0326. The number of hydrogen-bond acceptors (Lipinski definition) is 17. The van der Waals surface area contributed by atoms with E-state index in [0.29, 0.717) is 49.2 Å². The lowest BCUT2D eigenvalue weighted by molar-refractivity contribution is -0.158. The maximum atomic E-state index is 14.6. The number of nitrogens with one attached hydrogen (secondary N) is 3. The molecule has 4 aliphatic rings. The first-order valence-corrected chi connectivity index (χ1v) is 30.6. The highest BCUT2D eigenvalue weighted by Gasteiger charge is 2.64. The largest absolute Gasteiger partial charge is 0.496 e. The number of ketones is 2. The number of imide groups is 1. The van der Waals surface area contributed by atoms with E-state index in [4.69, 9.17) is 45.8 Å². The van der Waals surface area contributed by atoms with Crippen molar-refractivity contribution in [1.82, 2.24) is 25.8 Å². The molecule has 2 aromatic rings. The predicted octanol–water partition coefficient (Wildman–Crippen LogP) is 6.07. The van der Waals surface area contributed by atoms with E-state index in [-0.39, 0.29) is 97.3 Å². The van der Waals surface area contributed by atoms with E-state index in [0.717, 1.165) is 16.0 Å². The fourth-order valence-electron chi connectivity index (χ4n) is 11.7. The number of anilines is 1. The monoisotopic (exact) mass is 1260 g/mol. The van der Waals surface area contributed by atoms with Crippen molar-refractivity contribution >= 4 is 76.5 Å². The number of likely N-dealkylation sites (tertiary alicyclic amines) is 1. The van der Waals surface area contributed by atoms with Crippen molar-refractivity contribution in [3.05, 3.63) is 75.8 Å². The molecular weight excluding hydrogens is 1170 g/mol. The predicted molar refractivity (Wildman–Crippen MR) is 328 cm³/mol. The molecule has 0 saturated carbocycles. The Morgan fingerprint density at radius 2 is 1.66 bits per heavy atom. The first kappa shape index (κ1) is 70.7. The average molecular weight is 1260 g/mol. The number of primary amides is 1. The zero-order valence-electron chi connectivity index (χ0n) is 53.1. The number of urea groups is 1. The summed E-state index contributed by atoms with van der Waals surface area (Å²) >= 11 is 6.86. The second-order valence-corrected chi connectivity index (χ2v) is 24.8. The molecule has 6 rings (SSSR count). The second-order valence-electron chi connectivity index (χ2n) is 24.4. The van der Waals surface area contributed by atoms with Crippen LogP contribution < -0.4 is 36.1 Å². The van der Waals surface area contributed by atoms with E-state index in [9.17, 15) is 53.1 Å². The smallest absolute Gasteiger partial charge is 0.409 e. The highest BCUT2D eigenvalue weighted by atomic mass is 35.5. The van der Waals surface area contributed by atoms with Crippen LogP contribution in [-0.2, 0) is 65.4 Å². The molecule has 1 unspecified atom stereocenters. The lowest BCUT2D eigenvalue weighted by atomic mass is 9.83. The molecule has 4 aliphatic heterocycles. The number of methoxy groups -OCH3 is 3. The highest BCUT2D eigenvalue weighted by molar-refractivity contribution is 6.35. The number of allylic oxidation sites excluding steroid dienone is 3. The summed E-state index contributed by atoms with van der Waals surface area (Å²) in [7, 11) is 7.09. The van der Waals surface area contributed by atoms with Gasteiger partial charge in [0.15, 0.2) is 11.5 Å². The van der Waals surface area contributed by atoms with Crippen LogP contribution in [0.5, 0.6) is 11.5 Å². The maximum absolute atomic E-state index is 14.6. The van der Waals surface area contributed by atoms with Gasteiger partial charge >= 0.3 is 18.1 Å². The minimum atomic E-state index is -1.92. The van der Waals surface area contributed by atoms with E-state index in [1.807, 2.05) is 13.0 Å². The summed E-state index contributed by atoms with van der Waals surface area (Å²) in [6, 6.07) is 4.85. The number of benzene rings is 2. The average Bonchev–Trinajstić information content (AvgIpc) is 1.60. The molecular formula is C64H88ClN7O17. The number of amides is 8. The van der Waals surface area contributed by atoms with Gasteiger partial charge in [0.05, 0.1) is 44.0 Å². The Morgan fingerprint density at radius 1 is 0.955 bits per heavy atom. The maximum Gasteiger partial charge on any atom is 0.409 e. The number of hydrogen-bond donors (Lipinski definition) is 5. The molecule has 2 aromatic carbocycles. The number of Topliss-reactive ketones (excluding diaryl/α,β-unsaturated/α-hetero) is 2. The van der Waals surface area contributed by atoms with Crippen molar-refractivity contribution in [3.8, 4) is 11.5 Å². The van der Waals surface area contributed by atoms with Crippen molar-refractivity contribution in [1.29, 1.82) is 0 Å². The molecule has 0 radical (unpaired) electrons. The van der Waals surface area contributed by atoms with E-state index < -0.39 is 108 Å². The Bertz CT molecular complexity index is 3060. The van der Waals surface area contributed by atoms with Crippen LogP contribution in [-0.4, -0.2) is 170 Å². The Hall–Kier alpha value is -7.41. The summed E-state index contributed by atoms with van der Waals surface area (Å²) in [6.07, 6.45) is 2.08. The number of esters is 1. The van der Waals surface area contributed by atoms with E-state index >= 15 is 0 Å². The molecule has 3 fully saturated rings. The summed E-state index contributed by atoms with van der Waals surface area (Å²) < 4.78 is 35.3. The van der Waals surface area contributed by atoms with Gasteiger partial charge in [0.2, 0.25) is 23.6 Å². The number of nitrogens with two attached hydrogens (primary N) is 1. The summed E-state index contributed by atoms with van der Waals surface area (Å²) in [5.41, 5.74) is 4.33. The van der Waals surface area contributed by atoms with E-state index in [1.54, 1.807) is 58.9 Å². The topological polar surface area (TPSA) is 321 Å². The van der Waals surface area contributed by atoms with Crippen molar-refractivity contribution in [3.63, 3.8) is 0 Å². The second kappa shape index (κ2) is 30.9. The Morgan fingerprint density at radius 3 is 2.30 bits per heavy atom. The van der Waals surface area contributed by atoms with Crippen LogP contribution in [0.25, 0.3) is 0 Å². The van der Waals surface area contributed by atoms with E-state index in [2.05, 4.69) is 16.0 Å². The molecule has 4 heterocycles. The van der Waals surface area contributed by atoms with Crippen LogP contribution in [0.3, 0.4) is 0 Å². The molecule has 11 atom stereocenters. The molecule has 0 aromatic heterocycles. The van der Waals surface area contributed by atoms with E-state index in [1.165, 1.54) is 70.3 Å². The SMILES string of the molecule is COc1cc(CC(=O)[C@H](CCCNC(N)=O)NC(=O)[C@@H](CC(=O)CCCCCN2C(=O)CC(C)C2=O)C(C)C)ccc1C(=O)N(C)[C@@H](C)C(=O)O[C@H]1CC(=O)N(C)c2cc(cc(OC)c2Cl)C/C(C)=C/C=C/[C@@H](OC)[C@@]2(O)C[C@H](OC(=O)N2)[C@@H](C)[C@@H]2O[C@@]12C. The molecule has 4 bridgehead atoms. The molecule has 8 amide bonds. The number of fused-ring (bicyclic) bond motifs is 5. The summed E-state index contributed by atoms with van der Waals surface area (Å²) in [6.45, 7) is 12.5. The normalized spacial score (nSPS) is 25.7. The molecule has 0 spiro atoms. The fraction of sp³-hybridized carbons (Fsp3) is 0.594. The van der Waals surface area contributed by atoms with Gasteiger partial charge in [-0.05, 0) is 94.2 Å². The summed E-state index contributed by atoms with van der Waals surface area (Å²) in [5.74, 6) is -5.24. The number of epoxide rings is 1. The number of likely N-dealkylation sites (N-methyl/N-ethyl adjacent to an activating group) is 1. The molecule has 488 valence electrons. The van der Waals surface area contributed by atoms with Gasteiger partial charge in [-0.1, -0.05) is 75.6 Å². The molecule has 6 N–H and O–H groups in total. The molecule has 3 saturated heterocycles. The zero-order chi connectivity index (χ0) is 65.8. The van der Waals surface area contributed by atoms with Crippen molar-refractivity contribution in [2.45, 2.75) is 173 Å². The van der Waals surface area contributed by atoms with Gasteiger partial charge in [0, 0.05) is 84.2 Å². The first-order valence-electron chi connectivity index (χ1n) is 30.2. The molecule has 89 heavy (non-hydrogen) atoms. The number of alkyl carbamates (subject to hydrolysis) is 1. The lowest BCUT2D eigenvalue weighted by Gasteiger charge is -2.42. The first-order chi connectivity index (χ1) is 42.0. The summed E-state index contributed by atoms with van der Waals surface area (Å²) in [4.78, 5) is 138. The Labute approximate surface area is 525 Å². The van der Waals surface area contributed by atoms with Gasteiger partial charge in [-0.15, -0.1) is 0 Å². The van der Waals surface area contributed by atoms with Gasteiger partial charge in [0.1, 0.15) is 52.3 Å². The number of carbonyl (C=O) groups excluding carboxylic acids is 10. The number of nitrogens with zero attached hydrogens (tertiary/aromatic N) is 3. The van der Waals surface area contributed by atoms with Crippen LogP contribution in [0.15, 0.2) is 54.1 Å². The Balaban J connectivity index is 1.17. The van der Waals surface area contributed by atoms with Gasteiger partial charge in [-0.2, -0.15) is 0 Å². The van der Waals surface area contributed by atoms with Crippen LogP contribution in [0, 0.1) is 23.7 Å². The molecule has 24 nitrogen and oxygen atoms in total. The van der Waals surface area contributed by atoms with Gasteiger partial charge in [0.25, 0.3) is 5.91 Å². The third-order valence-electron chi connectivity index (χ3n) is 17.4. The third kappa shape index (κ3) is 17.7. The minimum Gasteiger partial charge on any atom is -0.496 e. The van der Waals surface area contributed by atoms with Crippen molar-refractivity contribution in [2.24, 2.45) is 29.4 Å². The molecule has 0 aliphatic carbocycles. The molecule has 25 heteroatoms. The Kier molecular flexibility index (Phi) is 24.5. The number of unbranched alkanes of at least 4 members (excludes halogenated alkanes) is 2. The van der Waals surface area contributed by atoms with Crippen LogP contribution in [0.2, 0.25) is 5.02 Å². The standard InChI is InChI=1S/C64H88ClN7O17/c1-35(2)44(32-42(73)19-14-13-15-25-72-54(76)27-37(4)58(72)78)57(77)68-45(20-17-24-67-61(66)81)47(74)29-40-22-23-43(48(30-40)84-10)59(79)70(8)39(6)60(80)88-52-33-53(75)71(9)46-28-41(31-49(85-11)55(46)65)26-36(3)18-16-21-51(86-12)64(83)34-50(87-62(82)69-64)38(5)56-63(52,7)89-56/h16,18,21-23,28,30-31,35,37-39,44-45,50-52,56,83H,13-15,17,19-20,24-27,29,32-34H2,1-12H3,(H,68,77)(H,69,82)(H3,66,67,81)/b21-16+,36-18+/t37?,38-,39+,44+,45+,50+,51-,52+,56+,63+,64+/m1/s1.